The van der Waals surface area contributed by atoms with Gasteiger partial charge < -0.3 is 5.32 Å². The van der Waals surface area contributed by atoms with E-state index in [4.69, 9.17) is 23.2 Å². The Bertz CT molecular complexity index is 252. The standard InChI is InChI=1S/C12H24Cl2N2O2/c1-4-6-15-7-5-8-16(18)11(17)12(14,9-13)10(2)3/h10,15,18H,4-9H2,1-3H3. The molecule has 0 rings (SSSR count). The molecule has 0 radical (unpaired) electrons. The van der Waals surface area contributed by atoms with Gasteiger partial charge in [0, 0.05) is 6.54 Å². The first-order chi connectivity index (χ1) is 8.40. The van der Waals surface area contributed by atoms with E-state index in [0.29, 0.717) is 11.5 Å². The molecule has 6 heteroatoms. The van der Waals surface area contributed by atoms with E-state index in [0.717, 1.165) is 19.5 Å². The third-order valence-electron chi connectivity index (χ3n) is 2.85. The Hall–Kier alpha value is -0.0300. The highest BCUT2D eigenvalue weighted by atomic mass is 35.5. The second-order valence-electron chi connectivity index (χ2n) is 4.68. The Labute approximate surface area is 120 Å². The van der Waals surface area contributed by atoms with Crippen molar-refractivity contribution in [3.63, 3.8) is 0 Å². The third kappa shape index (κ3) is 5.31. The molecule has 2 N–H and O–H groups in total. The summed E-state index contributed by atoms with van der Waals surface area (Å²) in [6, 6.07) is 0. The van der Waals surface area contributed by atoms with Gasteiger partial charge >= 0.3 is 0 Å². The number of rotatable bonds is 9. The minimum Gasteiger partial charge on any atom is -0.317 e. The van der Waals surface area contributed by atoms with Crippen molar-refractivity contribution < 1.29 is 10.0 Å². The molecule has 18 heavy (non-hydrogen) atoms. The van der Waals surface area contributed by atoms with Crippen molar-refractivity contribution >= 4 is 29.1 Å². The average Bonchev–Trinajstić information content (AvgIpc) is 2.36. The van der Waals surface area contributed by atoms with Crippen LogP contribution in [-0.2, 0) is 4.79 Å². The van der Waals surface area contributed by atoms with Crippen molar-refractivity contribution in [3.8, 4) is 0 Å². The number of halogens is 2. The molecule has 0 aliphatic rings. The molecule has 0 aliphatic carbocycles. The Morgan fingerprint density at radius 1 is 1.44 bits per heavy atom. The predicted molar refractivity (Wildman–Crippen MR) is 75.4 cm³/mol. The van der Waals surface area contributed by atoms with Gasteiger partial charge in [-0.1, -0.05) is 20.8 Å². The van der Waals surface area contributed by atoms with Crippen LogP contribution < -0.4 is 5.32 Å². The SMILES string of the molecule is CCCNCCCN(O)C(=O)C(Cl)(CCl)C(C)C. The van der Waals surface area contributed by atoms with Crippen LogP contribution in [0, 0.1) is 5.92 Å². The van der Waals surface area contributed by atoms with Crippen LogP contribution in [0.4, 0.5) is 0 Å². The minimum atomic E-state index is -1.23. The Balaban J connectivity index is 4.16. The van der Waals surface area contributed by atoms with Gasteiger partial charge in [-0.3, -0.25) is 10.0 Å². The van der Waals surface area contributed by atoms with E-state index in [1.165, 1.54) is 0 Å². The first-order valence-corrected chi connectivity index (χ1v) is 7.27. The number of amides is 1. The molecule has 0 aliphatic heterocycles. The lowest BCUT2D eigenvalue weighted by atomic mass is 9.95. The summed E-state index contributed by atoms with van der Waals surface area (Å²) in [6.07, 6.45) is 1.74. The molecule has 4 nitrogen and oxygen atoms in total. The average molecular weight is 299 g/mol. The van der Waals surface area contributed by atoms with Crippen LogP contribution in [0.1, 0.15) is 33.6 Å². The summed E-state index contributed by atoms with van der Waals surface area (Å²) in [5.74, 6) is -0.683. The van der Waals surface area contributed by atoms with Gasteiger partial charge in [0.25, 0.3) is 5.91 Å². The van der Waals surface area contributed by atoms with Crippen LogP contribution in [0.3, 0.4) is 0 Å². The van der Waals surface area contributed by atoms with Gasteiger partial charge in [-0.15, -0.1) is 23.2 Å². The second kappa shape index (κ2) is 8.97. The highest BCUT2D eigenvalue weighted by Gasteiger charge is 2.41. The first kappa shape index (κ1) is 18.0. The Kier molecular flexibility index (Phi) is 8.95. The molecule has 0 bridgehead atoms. The van der Waals surface area contributed by atoms with Crippen LogP contribution in [0.5, 0.6) is 0 Å². The van der Waals surface area contributed by atoms with E-state index in [1.807, 2.05) is 13.8 Å². The van der Waals surface area contributed by atoms with Crippen molar-refractivity contribution in [2.75, 3.05) is 25.5 Å². The van der Waals surface area contributed by atoms with Gasteiger partial charge in [0.1, 0.15) is 4.87 Å². The summed E-state index contributed by atoms with van der Waals surface area (Å²) in [5.41, 5.74) is 0. The Morgan fingerprint density at radius 3 is 2.50 bits per heavy atom. The maximum atomic E-state index is 12.0. The number of nitrogens with one attached hydrogen (secondary N) is 1. The van der Waals surface area contributed by atoms with Crippen LogP contribution in [0.15, 0.2) is 0 Å². The summed E-state index contributed by atoms with van der Waals surface area (Å²) < 4.78 is 0. The highest BCUT2D eigenvalue weighted by molar-refractivity contribution is 6.39. The van der Waals surface area contributed by atoms with Gasteiger partial charge in [0.2, 0.25) is 0 Å². The summed E-state index contributed by atoms with van der Waals surface area (Å²) in [5, 5.41) is 13.6. The van der Waals surface area contributed by atoms with Gasteiger partial charge in [-0.25, -0.2) is 5.06 Å². The van der Waals surface area contributed by atoms with Gasteiger partial charge in [0.05, 0.1) is 5.88 Å². The van der Waals surface area contributed by atoms with E-state index < -0.39 is 10.8 Å². The van der Waals surface area contributed by atoms with Gasteiger partial charge in [-0.2, -0.15) is 0 Å². The van der Waals surface area contributed by atoms with Crippen LogP contribution in [-0.4, -0.2) is 46.6 Å². The monoisotopic (exact) mass is 298 g/mol. The molecular weight excluding hydrogens is 275 g/mol. The zero-order valence-electron chi connectivity index (χ0n) is 11.4. The molecule has 0 spiro atoms. The number of hydrogen-bond acceptors (Lipinski definition) is 3. The number of nitrogens with zero attached hydrogens (tertiary/aromatic N) is 1. The molecule has 1 atom stereocenters. The number of hydroxylamine groups is 2. The summed E-state index contributed by atoms with van der Waals surface area (Å²) in [6.45, 7) is 7.66. The molecule has 0 saturated carbocycles. The first-order valence-electron chi connectivity index (χ1n) is 6.36. The predicted octanol–water partition coefficient (Wildman–Crippen LogP) is 2.47. The molecule has 1 unspecified atom stereocenters. The van der Waals surface area contributed by atoms with Crippen LogP contribution >= 0.6 is 23.2 Å². The van der Waals surface area contributed by atoms with E-state index in [1.54, 1.807) is 0 Å². The number of hydrogen-bond donors (Lipinski definition) is 2. The van der Waals surface area contributed by atoms with Crippen molar-refractivity contribution in [2.24, 2.45) is 5.92 Å². The topological polar surface area (TPSA) is 52.6 Å². The fourth-order valence-electron chi connectivity index (χ4n) is 1.43. The lowest BCUT2D eigenvalue weighted by molar-refractivity contribution is -0.169. The number of carbonyl (C=O) groups is 1. The normalized spacial score (nSPS) is 14.6. The van der Waals surface area contributed by atoms with E-state index in [9.17, 15) is 10.0 Å². The lowest BCUT2D eigenvalue weighted by Gasteiger charge is -2.30. The molecule has 1 amide bonds. The smallest absolute Gasteiger partial charge is 0.268 e. The summed E-state index contributed by atoms with van der Waals surface area (Å²) in [4.78, 5) is 10.8. The number of carbonyl (C=O) groups excluding carboxylic acids is 1. The minimum absolute atomic E-state index is 0.0177. The number of alkyl halides is 2. The third-order valence-corrected chi connectivity index (χ3v) is 4.14. The van der Waals surface area contributed by atoms with Crippen LogP contribution in [0.2, 0.25) is 0 Å². The quantitative estimate of drug-likeness (QED) is 0.298. The fraction of sp³-hybridized carbons (Fsp3) is 0.917. The largest absolute Gasteiger partial charge is 0.317 e. The maximum absolute atomic E-state index is 12.0. The molecule has 0 heterocycles. The molecular formula is C12H24Cl2N2O2. The van der Waals surface area contributed by atoms with E-state index in [2.05, 4.69) is 12.2 Å². The van der Waals surface area contributed by atoms with E-state index in [-0.39, 0.29) is 18.3 Å². The van der Waals surface area contributed by atoms with Crippen LogP contribution in [0.25, 0.3) is 0 Å². The summed E-state index contributed by atoms with van der Waals surface area (Å²) >= 11 is 11.9. The van der Waals surface area contributed by atoms with Gasteiger partial charge in [0.15, 0.2) is 0 Å². The fourth-order valence-corrected chi connectivity index (χ4v) is 1.95. The molecule has 0 aromatic heterocycles. The molecule has 0 fully saturated rings. The molecule has 0 aromatic rings. The molecule has 0 aromatic carbocycles. The molecule has 0 saturated heterocycles. The maximum Gasteiger partial charge on any atom is 0.268 e. The zero-order valence-corrected chi connectivity index (χ0v) is 12.9. The Morgan fingerprint density at radius 2 is 2.06 bits per heavy atom. The van der Waals surface area contributed by atoms with Crippen molar-refractivity contribution in [1.29, 1.82) is 0 Å². The van der Waals surface area contributed by atoms with Crippen molar-refractivity contribution in [1.82, 2.24) is 10.4 Å². The van der Waals surface area contributed by atoms with Crippen molar-refractivity contribution in [3.05, 3.63) is 0 Å². The summed E-state index contributed by atoms with van der Waals surface area (Å²) in [7, 11) is 0. The second-order valence-corrected chi connectivity index (χ2v) is 5.62. The zero-order chi connectivity index (χ0) is 14.2. The van der Waals surface area contributed by atoms with Crippen molar-refractivity contribution in [2.45, 2.75) is 38.5 Å². The van der Waals surface area contributed by atoms with E-state index >= 15 is 0 Å². The molecule has 108 valence electrons. The highest BCUT2D eigenvalue weighted by Crippen LogP contribution is 2.29. The van der Waals surface area contributed by atoms with Gasteiger partial charge in [-0.05, 0) is 31.8 Å². The lowest BCUT2D eigenvalue weighted by Crippen LogP contribution is -2.49.